The highest BCUT2D eigenvalue weighted by atomic mass is 35.5. The van der Waals surface area contributed by atoms with Crippen LogP contribution in [0.4, 0.5) is 0 Å². The zero-order valence-electron chi connectivity index (χ0n) is 12.9. The van der Waals surface area contributed by atoms with Gasteiger partial charge in [0.15, 0.2) is 0 Å². The van der Waals surface area contributed by atoms with E-state index in [9.17, 15) is 8.42 Å². The Hall–Kier alpha value is -1.48. The maximum atomic E-state index is 13.0. The molecule has 0 radical (unpaired) electrons. The van der Waals surface area contributed by atoms with E-state index in [2.05, 4.69) is 14.8 Å². The average Bonchev–Trinajstić information content (AvgIpc) is 3.10. The van der Waals surface area contributed by atoms with Crippen molar-refractivity contribution < 1.29 is 8.42 Å². The van der Waals surface area contributed by atoms with Crippen LogP contribution in [0.15, 0.2) is 29.4 Å². The second kappa shape index (κ2) is 5.80. The fourth-order valence-electron chi connectivity index (χ4n) is 3.15. The van der Waals surface area contributed by atoms with Crippen LogP contribution in [0, 0.1) is 6.92 Å². The highest BCUT2D eigenvalue weighted by molar-refractivity contribution is 7.90. The number of sulfonamides is 1. The Morgan fingerprint density at radius 2 is 2.25 bits per heavy atom. The Kier molecular flexibility index (Phi) is 3.87. The van der Waals surface area contributed by atoms with E-state index >= 15 is 0 Å². The van der Waals surface area contributed by atoms with Crippen molar-refractivity contribution in [2.24, 2.45) is 0 Å². The number of hydrogen-bond acceptors (Lipinski definition) is 5. The van der Waals surface area contributed by atoms with Crippen molar-refractivity contribution in [3.05, 3.63) is 40.3 Å². The van der Waals surface area contributed by atoms with Gasteiger partial charge in [0.25, 0.3) is 0 Å². The molecule has 3 heterocycles. The van der Waals surface area contributed by atoms with Crippen LogP contribution in [0.5, 0.6) is 0 Å². The number of nitrogens with zero attached hydrogens (tertiary/aromatic N) is 3. The molecule has 1 aliphatic heterocycles. The van der Waals surface area contributed by atoms with Gasteiger partial charge in [-0.1, -0.05) is 11.6 Å². The van der Waals surface area contributed by atoms with Crippen LogP contribution in [-0.2, 0) is 16.6 Å². The van der Waals surface area contributed by atoms with Gasteiger partial charge in [-0.2, -0.15) is 5.10 Å². The summed E-state index contributed by atoms with van der Waals surface area (Å²) in [6.45, 7) is 2.58. The number of benzene rings is 1. The van der Waals surface area contributed by atoms with Crippen molar-refractivity contribution in [1.29, 1.82) is 0 Å². The molecule has 126 valence electrons. The number of thiophene rings is 1. The minimum Gasteiger partial charge on any atom is -0.248 e. The molecule has 1 aromatic carbocycles. The summed E-state index contributed by atoms with van der Waals surface area (Å²) in [5, 5.41) is 5.32. The van der Waals surface area contributed by atoms with E-state index < -0.39 is 10.0 Å². The summed E-state index contributed by atoms with van der Waals surface area (Å²) in [5.74, 6) is 0.667. The van der Waals surface area contributed by atoms with Crippen LogP contribution in [0.2, 0.25) is 5.02 Å². The maximum absolute atomic E-state index is 13.0. The Morgan fingerprint density at radius 3 is 3.08 bits per heavy atom. The van der Waals surface area contributed by atoms with Crippen molar-refractivity contribution in [3.8, 4) is 0 Å². The van der Waals surface area contributed by atoms with Gasteiger partial charge in [-0.15, -0.1) is 11.3 Å². The van der Waals surface area contributed by atoms with E-state index in [-0.39, 0.29) is 6.04 Å². The molecule has 0 amide bonds. The molecule has 0 aliphatic carbocycles. The van der Waals surface area contributed by atoms with Gasteiger partial charge in [0.2, 0.25) is 10.0 Å². The summed E-state index contributed by atoms with van der Waals surface area (Å²) in [6, 6.07) is 4.97. The summed E-state index contributed by atoms with van der Waals surface area (Å²) < 4.78 is 31.5. The SMILES string of the molecule is Cc1sc2ccc(Cl)cc2c1S(=O)(=O)N[C@@H]1CCCn2ncnc21. The number of halogens is 1. The molecule has 6 nitrogen and oxygen atoms in total. The summed E-state index contributed by atoms with van der Waals surface area (Å²) in [7, 11) is -3.69. The van der Waals surface area contributed by atoms with Crippen molar-refractivity contribution >= 4 is 43.0 Å². The third-order valence-electron chi connectivity index (χ3n) is 4.16. The highest BCUT2D eigenvalue weighted by Gasteiger charge is 2.30. The minimum atomic E-state index is -3.69. The lowest BCUT2D eigenvalue weighted by molar-refractivity contribution is 0.400. The van der Waals surface area contributed by atoms with Gasteiger partial charge in [-0.3, -0.25) is 0 Å². The zero-order valence-corrected chi connectivity index (χ0v) is 15.2. The molecule has 24 heavy (non-hydrogen) atoms. The van der Waals surface area contributed by atoms with Gasteiger partial charge in [0.05, 0.1) is 6.04 Å². The number of nitrogens with one attached hydrogen (secondary N) is 1. The number of fused-ring (bicyclic) bond motifs is 2. The molecule has 1 atom stereocenters. The van der Waals surface area contributed by atoms with E-state index in [1.54, 1.807) is 16.8 Å². The lowest BCUT2D eigenvalue weighted by Crippen LogP contribution is -2.33. The van der Waals surface area contributed by atoms with E-state index in [0.29, 0.717) is 27.5 Å². The van der Waals surface area contributed by atoms with E-state index in [1.807, 2.05) is 13.0 Å². The molecule has 0 saturated carbocycles. The predicted molar refractivity (Wildman–Crippen MR) is 93.9 cm³/mol. The van der Waals surface area contributed by atoms with E-state index in [0.717, 1.165) is 22.5 Å². The molecule has 0 fully saturated rings. The lowest BCUT2D eigenvalue weighted by atomic mass is 10.1. The maximum Gasteiger partial charge on any atom is 0.242 e. The molecule has 0 saturated heterocycles. The summed E-state index contributed by atoms with van der Waals surface area (Å²) >= 11 is 7.51. The monoisotopic (exact) mass is 382 g/mol. The molecule has 1 aliphatic rings. The largest absolute Gasteiger partial charge is 0.248 e. The summed E-state index contributed by atoms with van der Waals surface area (Å²) in [5.41, 5.74) is 0. The molecule has 4 rings (SSSR count). The number of hydrogen-bond donors (Lipinski definition) is 1. The Morgan fingerprint density at radius 1 is 1.42 bits per heavy atom. The third-order valence-corrected chi connectivity index (χ3v) is 7.26. The van der Waals surface area contributed by atoms with Crippen LogP contribution in [0.3, 0.4) is 0 Å². The molecule has 2 aromatic heterocycles. The van der Waals surface area contributed by atoms with Crippen LogP contribution in [0.1, 0.15) is 29.6 Å². The standard InChI is InChI=1S/C15H15ClN4O2S2/c1-9-14(11-7-10(16)4-5-13(11)23-9)24(21,22)19-12-3-2-6-20-15(12)17-8-18-20/h4-5,7-8,12,19H,2-3,6H2,1H3/t12-/m1/s1. The Labute approximate surface area is 148 Å². The van der Waals surface area contributed by atoms with Crippen molar-refractivity contribution in [2.45, 2.75) is 37.2 Å². The first-order valence-electron chi connectivity index (χ1n) is 7.54. The third kappa shape index (κ3) is 2.63. The van der Waals surface area contributed by atoms with Gasteiger partial charge >= 0.3 is 0 Å². The number of aromatic nitrogens is 3. The zero-order chi connectivity index (χ0) is 16.9. The average molecular weight is 383 g/mol. The van der Waals surface area contributed by atoms with Gasteiger partial charge in [-0.25, -0.2) is 22.8 Å². The van der Waals surface area contributed by atoms with Crippen LogP contribution in [-0.4, -0.2) is 23.2 Å². The summed E-state index contributed by atoms with van der Waals surface area (Å²) in [6.07, 6.45) is 3.03. The molecule has 1 N–H and O–H groups in total. The predicted octanol–water partition coefficient (Wildman–Crippen LogP) is 3.27. The molecule has 0 spiro atoms. The number of rotatable bonds is 3. The fraction of sp³-hybridized carbons (Fsp3) is 0.333. The second-order valence-corrected chi connectivity index (χ2v) is 9.13. The first-order chi connectivity index (χ1) is 11.5. The van der Waals surface area contributed by atoms with E-state index in [1.165, 1.54) is 17.7 Å². The topological polar surface area (TPSA) is 76.9 Å². The quantitative estimate of drug-likeness (QED) is 0.754. The van der Waals surface area contributed by atoms with Crippen LogP contribution >= 0.6 is 22.9 Å². The van der Waals surface area contributed by atoms with Crippen molar-refractivity contribution in [3.63, 3.8) is 0 Å². The first kappa shape index (κ1) is 16.0. The normalized spacial score (nSPS) is 18.0. The van der Waals surface area contributed by atoms with Crippen LogP contribution < -0.4 is 4.72 Å². The van der Waals surface area contributed by atoms with Crippen molar-refractivity contribution in [2.75, 3.05) is 0 Å². The molecular weight excluding hydrogens is 368 g/mol. The Balaban J connectivity index is 1.77. The molecular formula is C15H15ClN4O2S2. The highest BCUT2D eigenvalue weighted by Crippen LogP contribution is 2.36. The van der Waals surface area contributed by atoms with Gasteiger partial charge < -0.3 is 0 Å². The molecule has 9 heteroatoms. The smallest absolute Gasteiger partial charge is 0.242 e. The second-order valence-electron chi connectivity index (χ2n) is 5.79. The van der Waals surface area contributed by atoms with Gasteiger partial charge in [-0.05, 0) is 38.0 Å². The fourth-order valence-corrected chi connectivity index (χ4v) is 6.33. The van der Waals surface area contributed by atoms with Gasteiger partial charge in [0, 0.05) is 26.5 Å². The minimum absolute atomic E-state index is 0.307. The first-order valence-corrected chi connectivity index (χ1v) is 10.2. The molecule has 3 aromatic rings. The molecule has 0 bridgehead atoms. The van der Waals surface area contributed by atoms with Gasteiger partial charge in [0.1, 0.15) is 17.0 Å². The van der Waals surface area contributed by atoms with E-state index in [4.69, 9.17) is 11.6 Å². The number of aryl methyl sites for hydroxylation is 2. The van der Waals surface area contributed by atoms with Crippen molar-refractivity contribution in [1.82, 2.24) is 19.5 Å². The Bertz CT molecular complexity index is 1030. The lowest BCUT2D eigenvalue weighted by Gasteiger charge is -2.23. The molecule has 0 unspecified atom stereocenters. The summed E-state index contributed by atoms with van der Waals surface area (Å²) in [4.78, 5) is 5.26. The van der Waals surface area contributed by atoms with Crippen LogP contribution in [0.25, 0.3) is 10.1 Å².